The molecule has 1 heteroatoms. The minimum atomic E-state index is -0.0320. The summed E-state index contributed by atoms with van der Waals surface area (Å²) in [7, 11) is 0. The van der Waals surface area contributed by atoms with Gasteiger partial charge in [-0.25, -0.2) is 0 Å². The zero-order valence-corrected chi connectivity index (χ0v) is 12.3. The fourth-order valence-electron chi connectivity index (χ4n) is 1.82. The van der Waals surface area contributed by atoms with E-state index >= 15 is 0 Å². The first-order chi connectivity index (χ1) is 10.8. The van der Waals surface area contributed by atoms with Gasteiger partial charge in [0.2, 0.25) is 0 Å². The number of carbonyl (C=O) groups excluding carboxylic acids is 1. The average Bonchev–Trinajstić information content (AvgIpc) is 2.57. The van der Waals surface area contributed by atoms with E-state index in [0.29, 0.717) is 0 Å². The summed E-state index contributed by atoms with van der Waals surface area (Å²) in [6.45, 7) is 0. The Hall–Kier alpha value is -2.93. The maximum atomic E-state index is 11.6. The lowest BCUT2D eigenvalue weighted by Crippen LogP contribution is -1.82. The molecule has 22 heavy (non-hydrogen) atoms. The van der Waals surface area contributed by atoms with Crippen LogP contribution in [0.5, 0.6) is 0 Å². The highest BCUT2D eigenvalue weighted by Crippen LogP contribution is 2.02. The first kappa shape index (κ1) is 15.5. The van der Waals surface area contributed by atoms with Crippen molar-refractivity contribution in [3.8, 4) is 0 Å². The Morgan fingerprint density at radius 3 is 1.41 bits per heavy atom. The van der Waals surface area contributed by atoms with E-state index in [2.05, 4.69) is 0 Å². The molecule has 0 aromatic heterocycles. The zero-order chi connectivity index (χ0) is 15.5. The van der Waals surface area contributed by atoms with Crippen LogP contribution in [0.2, 0.25) is 0 Å². The smallest absolute Gasteiger partial charge is 0.178 e. The molecule has 0 saturated carbocycles. The lowest BCUT2D eigenvalue weighted by molar-refractivity contribution is -0.110. The van der Waals surface area contributed by atoms with Crippen LogP contribution in [0.4, 0.5) is 0 Å². The summed E-state index contributed by atoms with van der Waals surface area (Å²) in [4.78, 5) is 11.6. The highest BCUT2D eigenvalue weighted by atomic mass is 16.1. The molecule has 0 aliphatic carbocycles. The molecule has 2 aromatic rings. The summed E-state index contributed by atoms with van der Waals surface area (Å²) >= 11 is 0. The summed E-state index contributed by atoms with van der Waals surface area (Å²) in [5.74, 6) is -0.0320. The van der Waals surface area contributed by atoms with Crippen molar-refractivity contribution in [3.63, 3.8) is 0 Å². The average molecular weight is 286 g/mol. The van der Waals surface area contributed by atoms with Gasteiger partial charge in [-0.3, -0.25) is 4.79 Å². The van der Waals surface area contributed by atoms with E-state index in [1.165, 1.54) is 0 Å². The highest BCUT2D eigenvalue weighted by Gasteiger charge is 1.86. The summed E-state index contributed by atoms with van der Waals surface area (Å²) in [5, 5.41) is 0. The van der Waals surface area contributed by atoms with E-state index in [1.54, 1.807) is 24.3 Å². The number of allylic oxidation sites excluding steroid dienone is 6. The molecule has 0 spiro atoms. The van der Waals surface area contributed by atoms with E-state index in [9.17, 15) is 4.79 Å². The number of rotatable bonds is 6. The van der Waals surface area contributed by atoms with Gasteiger partial charge in [0.1, 0.15) is 0 Å². The fourth-order valence-corrected chi connectivity index (χ4v) is 1.82. The Kier molecular flexibility index (Phi) is 6.39. The molecule has 1 nitrogen and oxygen atoms in total. The van der Waals surface area contributed by atoms with Crippen LogP contribution in [0.25, 0.3) is 12.2 Å². The van der Waals surface area contributed by atoms with Crippen LogP contribution < -0.4 is 0 Å². The van der Waals surface area contributed by atoms with E-state index in [-0.39, 0.29) is 5.78 Å². The molecule has 0 atom stereocenters. The number of carbonyl (C=O) groups is 1. The van der Waals surface area contributed by atoms with Crippen molar-refractivity contribution in [1.29, 1.82) is 0 Å². The molecule has 2 aromatic carbocycles. The predicted octanol–water partition coefficient (Wildman–Crippen LogP) is 5.09. The van der Waals surface area contributed by atoms with Gasteiger partial charge in [-0.05, 0) is 23.3 Å². The molecule has 0 aliphatic rings. The van der Waals surface area contributed by atoms with Crippen LogP contribution in [0.15, 0.2) is 97.1 Å². The Bertz CT molecular complexity index is 628. The minimum Gasteiger partial charge on any atom is -0.290 e. The van der Waals surface area contributed by atoms with Gasteiger partial charge in [-0.15, -0.1) is 0 Å². The van der Waals surface area contributed by atoms with Gasteiger partial charge in [0.05, 0.1) is 0 Å². The minimum absolute atomic E-state index is 0.0320. The summed E-state index contributed by atoms with van der Waals surface area (Å²) in [5.41, 5.74) is 2.22. The number of hydrogen-bond donors (Lipinski definition) is 0. The molecule has 0 unspecified atom stereocenters. The molecule has 0 amide bonds. The summed E-state index contributed by atoms with van der Waals surface area (Å²) in [6.07, 6.45) is 14.2. The predicted molar refractivity (Wildman–Crippen MR) is 94.2 cm³/mol. The van der Waals surface area contributed by atoms with E-state index in [1.807, 2.05) is 85.0 Å². The first-order valence-electron chi connectivity index (χ1n) is 7.18. The van der Waals surface area contributed by atoms with Gasteiger partial charge in [0, 0.05) is 0 Å². The van der Waals surface area contributed by atoms with Gasteiger partial charge < -0.3 is 0 Å². The molecule has 0 fully saturated rings. The second-order valence-corrected chi connectivity index (χ2v) is 4.66. The third kappa shape index (κ3) is 6.02. The van der Waals surface area contributed by atoms with Crippen molar-refractivity contribution >= 4 is 17.9 Å². The Morgan fingerprint density at radius 1 is 0.591 bits per heavy atom. The van der Waals surface area contributed by atoms with E-state index < -0.39 is 0 Å². The van der Waals surface area contributed by atoms with Crippen LogP contribution in [-0.2, 0) is 4.79 Å². The largest absolute Gasteiger partial charge is 0.290 e. The third-order valence-corrected chi connectivity index (χ3v) is 2.92. The maximum Gasteiger partial charge on any atom is 0.178 e. The van der Waals surface area contributed by atoms with E-state index in [4.69, 9.17) is 0 Å². The SMILES string of the molecule is O=C(/C=C/C=C\c1ccccc1)/C=C/C=C/c1ccccc1. The van der Waals surface area contributed by atoms with Crippen LogP contribution in [0.3, 0.4) is 0 Å². The molecule has 0 saturated heterocycles. The van der Waals surface area contributed by atoms with Crippen molar-refractivity contribution in [2.75, 3.05) is 0 Å². The quantitative estimate of drug-likeness (QED) is 0.533. The zero-order valence-electron chi connectivity index (χ0n) is 12.3. The van der Waals surface area contributed by atoms with Crippen LogP contribution in [0.1, 0.15) is 11.1 Å². The van der Waals surface area contributed by atoms with Crippen LogP contribution in [0, 0.1) is 0 Å². The number of ketones is 1. The van der Waals surface area contributed by atoms with E-state index in [0.717, 1.165) is 11.1 Å². The Balaban J connectivity index is 1.80. The Morgan fingerprint density at radius 2 is 1.00 bits per heavy atom. The summed E-state index contributed by atoms with van der Waals surface area (Å²) < 4.78 is 0. The van der Waals surface area contributed by atoms with Crippen molar-refractivity contribution < 1.29 is 4.79 Å². The van der Waals surface area contributed by atoms with Gasteiger partial charge in [-0.2, -0.15) is 0 Å². The lowest BCUT2D eigenvalue weighted by atomic mass is 10.2. The molecule has 0 bridgehead atoms. The lowest BCUT2D eigenvalue weighted by Gasteiger charge is -1.88. The standard InChI is InChI=1S/C21H18O/c22-21(17-9-7-15-19-11-3-1-4-12-19)18-10-8-16-20-13-5-2-6-14-20/h1-18H/b15-7-,16-8+,17-9+,18-10+. The van der Waals surface area contributed by atoms with Crippen molar-refractivity contribution in [2.45, 2.75) is 0 Å². The van der Waals surface area contributed by atoms with Gasteiger partial charge in [-0.1, -0.05) is 97.1 Å². The number of hydrogen-bond acceptors (Lipinski definition) is 1. The van der Waals surface area contributed by atoms with Crippen molar-refractivity contribution in [3.05, 3.63) is 108 Å². The first-order valence-corrected chi connectivity index (χ1v) is 7.18. The Labute approximate surface area is 131 Å². The molecule has 108 valence electrons. The van der Waals surface area contributed by atoms with Gasteiger partial charge >= 0.3 is 0 Å². The highest BCUT2D eigenvalue weighted by molar-refractivity contribution is 5.99. The molecular formula is C21H18O. The topological polar surface area (TPSA) is 17.1 Å². The third-order valence-electron chi connectivity index (χ3n) is 2.92. The normalized spacial score (nSPS) is 12.0. The monoisotopic (exact) mass is 286 g/mol. The van der Waals surface area contributed by atoms with Crippen molar-refractivity contribution in [1.82, 2.24) is 0 Å². The van der Waals surface area contributed by atoms with Gasteiger partial charge in [0.15, 0.2) is 5.78 Å². The van der Waals surface area contributed by atoms with Gasteiger partial charge in [0.25, 0.3) is 0 Å². The second-order valence-electron chi connectivity index (χ2n) is 4.66. The second kappa shape index (κ2) is 9.09. The van der Waals surface area contributed by atoms with Crippen LogP contribution >= 0.6 is 0 Å². The summed E-state index contributed by atoms with van der Waals surface area (Å²) in [6, 6.07) is 19.9. The molecule has 0 aliphatic heterocycles. The molecule has 2 rings (SSSR count). The number of benzene rings is 2. The maximum absolute atomic E-state index is 11.6. The molecule has 0 radical (unpaired) electrons. The molecule has 0 N–H and O–H groups in total. The van der Waals surface area contributed by atoms with Crippen LogP contribution in [-0.4, -0.2) is 5.78 Å². The fraction of sp³-hybridized carbons (Fsp3) is 0. The molecular weight excluding hydrogens is 268 g/mol. The van der Waals surface area contributed by atoms with Crippen molar-refractivity contribution in [2.24, 2.45) is 0 Å². The molecule has 0 heterocycles.